The van der Waals surface area contributed by atoms with Gasteiger partial charge in [-0.2, -0.15) is 78.9 Å². The fourth-order valence-corrected chi connectivity index (χ4v) is 3.93. The average molecular weight is 685 g/mol. The topological polar surface area (TPSA) is 174 Å². The molecule has 0 amide bonds. The first-order valence-electron chi connectivity index (χ1n) is 8.58. The number of sulfonamides is 1. The van der Waals surface area contributed by atoms with E-state index < -0.39 is 88.8 Å². The molecule has 0 atom stereocenters. The molecule has 40 heavy (non-hydrogen) atoms. The minimum absolute atomic E-state index is 0. The zero-order chi connectivity index (χ0) is 31.4. The number of halogens is 17. The Morgan fingerprint density at radius 2 is 0.950 bits per heavy atom. The molecule has 8 N–H and O–H groups in total. The van der Waals surface area contributed by atoms with Crippen LogP contribution in [-0.4, -0.2) is 89.2 Å². The standard InChI is InChI=1S/C12H11F17NO6PS.2H3N/c1-2-30(3-4-36-37(31,32)33)38(34,35)12(28,29)10(23,24)8(19,20)6(15,16)5(13,14)7(17,18)9(21,22)11(25,26)27;;/h2-4H2,1H3,(H2,31,32,33);2*1H3. The summed E-state index contributed by atoms with van der Waals surface area (Å²) >= 11 is 0. The van der Waals surface area contributed by atoms with Gasteiger partial charge in [-0.1, -0.05) is 6.92 Å². The van der Waals surface area contributed by atoms with Crippen molar-refractivity contribution < 1.29 is 102 Å². The van der Waals surface area contributed by atoms with Crippen LogP contribution in [0.4, 0.5) is 74.6 Å². The molecule has 0 aromatic carbocycles. The van der Waals surface area contributed by atoms with Crippen LogP contribution in [0.1, 0.15) is 6.92 Å². The molecule has 0 aliphatic heterocycles. The molecule has 0 fully saturated rings. The summed E-state index contributed by atoms with van der Waals surface area (Å²) < 4.78 is 262. The number of phosphoric ester groups is 1. The lowest BCUT2D eigenvalue weighted by Gasteiger charge is -2.43. The lowest BCUT2D eigenvalue weighted by molar-refractivity contribution is -0.458. The fraction of sp³-hybridized carbons (Fsp3) is 1.00. The van der Waals surface area contributed by atoms with E-state index in [1.54, 1.807) is 0 Å². The van der Waals surface area contributed by atoms with Crippen LogP contribution in [0.15, 0.2) is 0 Å². The van der Waals surface area contributed by atoms with Gasteiger partial charge in [0.05, 0.1) is 6.61 Å². The second-order valence-corrected chi connectivity index (χ2v) is 10.0. The van der Waals surface area contributed by atoms with Crippen LogP contribution < -0.4 is 12.3 Å². The van der Waals surface area contributed by atoms with Crippen molar-refractivity contribution in [3.63, 3.8) is 0 Å². The molecule has 0 unspecified atom stereocenters. The van der Waals surface area contributed by atoms with Gasteiger partial charge in [0.1, 0.15) is 0 Å². The smallest absolute Gasteiger partial charge is 0.344 e. The Balaban J connectivity index is -0.00000684. The second kappa shape index (κ2) is 11.8. The van der Waals surface area contributed by atoms with Gasteiger partial charge in [-0.15, -0.1) is 0 Å². The summed E-state index contributed by atoms with van der Waals surface area (Å²) in [5, 5.41) is -7.76. The quantitative estimate of drug-likeness (QED) is 0.154. The summed E-state index contributed by atoms with van der Waals surface area (Å²) in [5.41, 5.74) is 0. The Morgan fingerprint density at radius 1 is 0.650 bits per heavy atom. The highest BCUT2D eigenvalue weighted by Crippen LogP contribution is 2.64. The first kappa shape index (κ1) is 43.2. The van der Waals surface area contributed by atoms with Crippen molar-refractivity contribution in [2.45, 2.75) is 53.9 Å². The van der Waals surface area contributed by atoms with E-state index in [1.807, 2.05) is 0 Å². The van der Waals surface area contributed by atoms with E-state index >= 15 is 0 Å². The van der Waals surface area contributed by atoms with E-state index in [-0.39, 0.29) is 12.3 Å². The number of phosphoric acid groups is 1. The van der Waals surface area contributed by atoms with Gasteiger partial charge in [0.15, 0.2) is 0 Å². The predicted molar refractivity (Wildman–Crippen MR) is 94.9 cm³/mol. The first-order valence-corrected chi connectivity index (χ1v) is 11.5. The highest BCUT2D eigenvalue weighted by molar-refractivity contribution is 7.90. The van der Waals surface area contributed by atoms with Gasteiger partial charge in [-0.3, -0.25) is 4.52 Å². The molecule has 0 bridgehead atoms. The summed E-state index contributed by atoms with van der Waals surface area (Å²) in [5.74, 6) is -52.3. The van der Waals surface area contributed by atoms with E-state index in [1.165, 1.54) is 0 Å². The third kappa shape index (κ3) is 6.39. The van der Waals surface area contributed by atoms with E-state index in [4.69, 9.17) is 9.79 Å². The maximum absolute atomic E-state index is 14.1. The molecule has 0 aromatic heterocycles. The van der Waals surface area contributed by atoms with Crippen molar-refractivity contribution in [1.82, 2.24) is 16.6 Å². The molecule has 0 aromatic rings. The Bertz CT molecular complexity index is 1020. The molecule has 0 saturated heterocycles. The Morgan fingerprint density at radius 3 is 1.23 bits per heavy atom. The van der Waals surface area contributed by atoms with Crippen LogP contribution >= 0.6 is 7.82 Å². The van der Waals surface area contributed by atoms with E-state index in [0.29, 0.717) is 6.92 Å². The summed E-state index contributed by atoms with van der Waals surface area (Å²) in [6, 6.07) is 0. The number of alkyl halides is 17. The third-order valence-corrected chi connectivity index (χ3v) is 6.85. The molecule has 0 aliphatic rings. The lowest BCUT2D eigenvalue weighted by Crippen LogP contribution is -2.75. The molecule has 0 aliphatic carbocycles. The predicted octanol–water partition coefficient (Wildman–Crippen LogP) is 5.04. The molecule has 0 spiro atoms. The minimum Gasteiger partial charge on any atom is -0.344 e. The van der Waals surface area contributed by atoms with Crippen molar-refractivity contribution in [1.29, 1.82) is 0 Å². The molecular weight excluding hydrogens is 668 g/mol. The molecular formula is C12H17F17N3O6PS. The van der Waals surface area contributed by atoms with Crippen molar-refractivity contribution in [2.75, 3.05) is 19.7 Å². The Hall–Kier alpha value is -1.25. The lowest BCUT2D eigenvalue weighted by atomic mass is 9.91. The second-order valence-electron chi connectivity index (χ2n) is 6.78. The molecule has 0 radical (unpaired) electrons. The monoisotopic (exact) mass is 685 g/mol. The first-order chi connectivity index (χ1) is 16.2. The fourth-order valence-electron chi connectivity index (χ4n) is 2.18. The zero-order valence-corrected chi connectivity index (χ0v) is 20.5. The number of hydrogen-bond donors (Lipinski definition) is 4. The molecule has 246 valence electrons. The summed E-state index contributed by atoms with van der Waals surface area (Å²) in [6.45, 7) is -4.73. The Labute approximate surface area is 211 Å². The van der Waals surface area contributed by atoms with Gasteiger partial charge >= 0.3 is 54.8 Å². The van der Waals surface area contributed by atoms with Crippen LogP contribution in [0.5, 0.6) is 0 Å². The molecule has 0 heterocycles. The van der Waals surface area contributed by atoms with Gasteiger partial charge in [0, 0.05) is 13.1 Å². The number of rotatable bonds is 13. The van der Waals surface area contributed by atoms with E-state index in [0.717, 1.165) is 0 Å². The van der Waals surface area contributed by atoms with Crippen molar-refractivity contribution in [2.24, 2.45) is 0 Å². The SMILES string of the molecule is CCN(CCOP(=O)(O)O)S(=O)(=O)C(F)(F)C(F)(F)C(F)(F)C(F)(F)C(F)(F)C(F)(F)C(F)(F)C(F)(F)F.N.N. The van der Waals surface area contributed by atoms with Crippen molar-refractivity contribution in [3.05, 3.63) is 0 Å². The summed E-state index contributed by atoms with van der Waals surface area (Å²) in [4.78, 5) is 16.7. The zero-order valence-electron chi connectivity index (χ0n) is 18.8. The third-order valence-electron chi connectivity index (χ3n) is 4.31. The van der Waals surface area contributed by atoms with Gasteiger partial charge in [0.25, 0.3) is 10.0 Å². The number of nitrogens with zero attached hydrogens (tertiary/aromatic N) is 1. The van der Waals surface area contributed by atoms with Crippen molar-refractivity contribution in [3.8, 4) is 0 Å². The van der Waals surface area contributed by atoms with Crippen LogP contribution in [-0.2, 0) is 19.1 Å². The highest BCUT2D eigenvalue weighted by Gasteiger charge is 2.96. The maximum Gasteiger partial charge on any atom is 0.469 e. The molecule has 9 nitrogen and oxygen atoms in total. The van der Waals surface area contributed by atoms with E-state index in [2.05, 4.69) is 4.52 Å². The van der Waals surface area contributed by atoms with Gasteiger partial charge in [0.2, 0.25) is 0 Å². The Kier molecular flexibility index (Phi) is 12.7. The summed E-state index contributed by atoms with van der Waals surface area (Å²) in [6.07, 6.45) is -7.93. The highest BCUT2D eigenvalue weighted by atomic mass is 32.2. The van der Waals surface area contributed by atoms with Gasteiger partial charge in [-0.05, 0) is 0 Å². The maximum atomic E-state index is 14.1. The van der Waals surface area contributed by atoms with Crippen LogP contribution in [0.25, 0.3) is 0 Å². The van der Waals surface area contributed by atoms with Gasteiger partial charge < -0.3 is 22.1 Å². The molecule has 0 saturated carbocycles. The van der Waals surface area contributed by atoms with Crippen LogP contribution in [0.2, 0.25) is 0 Å². The largest absolute Gasteiger partial charge is 0.469 e. The van der Waals surface area contributed by atoms with Crippen molar-refractivity contribution >= 4 is 17.8 Å². The van der Waals surface area contributed by atoms with Gasteiger partial charge in [-0.25, -0.2) is 13.0 Å². The van der Waals surface area contributed by atoms with Crippen LogP contribution in [0, 0.1) is 0 Å². The molecule has 28 heteroatoms. The molecule has 0 rings (SSSR count). The van der Waals surface area contributed by atoms with Crippen LogP contribution in [0.3, 0.4) is 0 Å². The van der Waals surface area contributed by atoms with E-state index in [9.17, 15) is 87.6 Å². The average Bonchev–Trinajstić information content (AvgIpc) is 2.68. The number of likely N-dealkylation sites (N-methyl/N-ethyl adjacent to an activating group) is 1. The normalized spacial score (nSPS) is 15.5. The minimum atomic E-state index is -8.96. The summed E-state index contributed by atoms with van der Waals surface area (Å²) in [7, 11) is -13.1. The number of hydrogen-bond acceptors (Lipinski definition) is 6.